The Hall–Kier alpha value is -2.05. The molecule has 1 aliphatic rings. The van der Waals surface area contributed by atoms with Crippen LogP contribution in [0.25, 0.3) is 5.57 Å². The lowest BCUT2D eigenvalue weighted by atomic mass is 10.0. The third kappa shape index (κ3) is 2.76. The number of aliphatic imine (C=N–C) groups is 1. The van der Waals surface area contributed by atoms with Crippen molar-refractivity contribution in [2.45, 2.75) is 19.0 Å². The highest BCUT2D eigenvalue weighted by Crippen LogP contribution is 2.37. The Morgan fingerprint density at radius 3 is 2.85 bits per heavy atom. The quantitative estimate of drug-likeness (QED) is 0.820. The molecule has 0 unspecified atom stereocenters. The second kappa shape index (κ2) is 5.52. The third-order valence-electron chi connectivity index (χ3n) is 3.03. The average molecular weight is 284 g/mol. The molecule has 1 aliphatic heterocycles. The maximum atomic E-state index is 13.2. The fraction of sp³-hybridized carbons (Fsp3) is 0.385. The Morgan fingerprint density at radius 2 is 2.25 bits per heavy atom. The molecule has 0 aliphatic carbocycles. The van der Waals surface area contributed by atoms with Gasteiger partial charge in [-0.3, -0.25) is 4.99 Å². The first-order chi connectivity index (χ1) is 9.47. The molecule has 0 aromatic carbocycles. The minimum Gasteiger partial charge on any atom is -0.404 e. The van der Waals surface area contributed by atoms with E-state index < -0.39 is 11.7 Å². The van der Waals surface area contributed by atoms with E-state index in [0.717, 1.165) is 18.7 Å². The molecule has 0 saturated heterocycles. The summed E-state index contributed by atoms with van der Waals surface area (Å²) in [7, 11) is 1.47. The Balaban J connectivity index is 2.64. The Bertz CT molecular complexity index is 561. The zero-order valence-electron chi connectivity index (χ0n) is 11.0. The van der Waals surface area contributed by atoms with Crippen LogP contribution in [-0.2, 0) is 12.6 Å². The molecule has 108 valence electrons. The van der Waals surface area contributed by atoms with E-state index in [4.69, 9.17) is 5.73 Å². The maximum Gasteiger partial charge on any atom is 0.418 e. The first-order valence-electron chi connectivity index (χ1n) is 6.16. The number of halogens is 3. The molecule has 0 radical (unpaired) electrons. The van der Waals surface area contributed by atoms with Gasteiger partial charge in [0.05, 0.1) is 22.6 Å². The first-order valence-corrected chi connectivity index (χ1v) is 6.16. The van der Waals surface area contributed by atoms with Gasteiger partial charge < -0.3 is 11.1 Å². The summed E-state index contributed by atoms with van der Waals surface area (Å²) in [6, 6.07) is 1.10. The second-order valence-corrected chi connectivity index (χ2v) is 4.42. The first kappa shape index (κ1) is 14.4. The molecule has 3 N–H and O–H groups in total. The highest BCUT2D eigenvalue weighted by molar-refractivity contribution is 6.09. The van der Waals surface area contributed by atoms with Gasteiger partial charge >= 0.3 is 6.18 Å². The zero-order valence-corrected chi connectivity index (χ0v) is 11.0. The summed E-state index contributed by atoms with van der Waals surface area (Å²) in [5.41, 5.74) is 5.66. The number of aromatic nitrogens is 1. The van der Waals surface area contributed by atoms with Gasteiger partial charge in [-0.1, -0.05) is 0 Å². The number of aryl methyl sites for hydroxylation is 1. The molecule has 2 rings (SSSR count). The molecule has 2 heterocycles. The average Bonchev–Trinajstić information content (AvgIpc) is 2.42. The van der Waals surface area contributed by atoms with Gasteiger partial charge in [-0.05, 0) is 18.9 Å². The lowest BCUT2D eigenvalue weighted by molar-refractivity contribution is -0.138. The van der Waals surface area contributed by atoms with E-state index in [1.165, 1.54) is 13.3 Å². The van der Waals surface area contributed by atoms with Crippen LogP contribution in [-0.4, -0.2) is 24.8 Å². The Labute approximate surface area is 114 Å². The smallest absolute Gasteiger partial charge is 0.404 e. The van der Waals surface area contributed by atoms with Crippen LogP contribution >= 0.6 is 0 Å². The number of hydrogen-bond acceptors (Lipinski definition) is 4. The van der Waals surface area contributed by atoms with E-state index in [0.29, 0.717) is 24.3 Å². The van der Waals surface area contributed by atoms with Gasteiger partial charge in [0.1, 0.15) is 0 Å². The number of anilines is 1. The molecular formula is C13H15F3N4. The van der Waals surface area contributed by atoms with E-state index in [1.54, 1.807) is 0 Å². The Morgan fingerprint density at radius 1 is 1.50 bits per heavy atom. The van der Waals surface area contributed by atoms with Gasteiger partial charge in [0.15, 0.2) is 0 Å². The Kier molecular flexibility index (Phi) is 3.96. The zero-order chi connectivity index (χ0) is 14.8. The van der Waals surface area contributed by atoms with Crippen molar-refractivity contribution in [1.29, 1.82) is 0 Å². The van der Waals surface area contributed by atoms with Crippen molar-refractivity contribution in [3.63, 3.8) is 0 Å². The van der Waals surface area contributed by atoms with Crippen LogP contribution in [0, 0.1) is 0 Å². The summed E-state index contributed by atoms with van der Waals surface area (Å²) >= 11 is 0. The minimum atomic E-state index is -4.49. The number of nitrogens with zero attached hydrogens (tertiary/aromatic N) is 2. The van der Waals surface area contributed by atoms with E-state index in [9.17, 15) is 13.2 Å². The van der Waals surface area contributed by atoms with Crippen molar-refractivity contribution in [1.82, 2.24) is 4.98 Å². The number of allylic oxidation sites excluding steroid dienone is 1. The molecule has 0 saturated carbocycles. The van der Waals surface area contributed by atoms with Crippen LogP contribution in [0.4, 0.5) is 18.9 Å². The van der Waals surface area contributed by atoms with Gasteiger partial charge in [-0.2, -0.15) is 13.2 Å². The molecule has 0 bridgehead atoms. The normalized spacial score (nSPS) is 16.1. The highest BCUT2D eigenvalue weighted by Gasteiger charge is 2.36. The van der Waals surface area contributed by atoms with Crippen molar-refractivity contribution in [3.05, 3.63) is 29.2 Å². The van der Waals surface area contributed by atoms with Crippen molar-refractivity contribution in [2.75, 3.05) is 18.9 Å². The molecule has 0 fully saturated rings. The van der Waals surface area contributed by atoms with Crippen molar-refractivity contribution >= 4 is 17.5 Å². The monoisotopic (exact) mass is 284 g/mol. The number of pyridine rings is 1. The summed E-state index contributed by atoms with van der Waals surface area (Å²) in [5, 5.41) is 2.94. The largest absolute Gasteiger partial charge is 0.418 e. The lowest BCUT2D eigenvalue weighted by Gasteiger charge is -2.21. The van der Waals surface area contributed by atoms with Gasteiger partial charge in [0, 0.05) is 31.6 Å². The van der Waals surface area contributed by atoms with Crippen molar-refractivity contribution < 1.29 is 13.2 Å². The fourth-order valence-corrected chi connectivity index (χ4v) is 2.13. The summed E-state index contributed by atoms with van der Waals surface area (Å²) in [4.78, 5) is 7.87. The SMILES string of the molecule is CN=CC(=CN)c1nc2c(cc1C(F)(F)F)NCCC2. The molecule has 7 heteroatoms. The van der Waals surface area contributed by atoms with Crippen LogP contribution in [0.1, 0.15) is 23.4 Å². The molecule has 1 aromatic rings. The van der Waals surface area contributed by atoms with Crippen LogP contribution in [0.3, 0.4) is 0 Å². The van der Waals surface area contributed by atoms with E-state index in [2.05, 4.69) is 15.3 Å². The van der Waals surface area contributed by atoms with Gasteiger partial charge in [-0.25, -0.2) is 4.98 Å². The summed E-state index contributed by atoms with van der Waals surface area (Å²) < 4.78 is 39.5. The number of hydrogen-bond donors (Lipinski definition) is 2. The molecule has 0 amide bonds. The fourth-order valence-electron chi connectivity index (χ4n) is 2.13. The predicted molar refractivity (Wildman–Crippen MR) is 72.6 cm³/mol. The van der Waals surface area contributed by atoms with Crippen LogP contribution in [0.2, 0.25) is 0 Å². The number of alkyl halides is 3. The number of fused-ring (bicyclic) bond motifs is 1. The molecule has 4 nitrogen and oxygen atoms in total. The van der Waals surface area contributed by atoms with Crippen LogP contribution < -0.4 is 11.1 Å². The van der Waals surface area contributed by atoms with E-state index in [1.807, 2.05) is 0 Å². The minimum absolute atomic E-state index is 0.160. The van der Waals surface area contributed by atoms with E-state index in [-0.39, 0.29) is 11.3 Å². The van der Waals surface area contributed by atoms with Gasteiger partial charge in [0.2, 0.25) is 0 Å². The summed E-state index contributed by atoms with van der Waals surface area (Å²) in [6.07, 6.45) is -0.636. The van der Waals surface area contributed by atoms with Crippen molar-refractivity contribution in [2.24, 2.45) is 10.7 Å². The van der Waals surface area contributed by atoms with Crippen LogP contribution in [0.5, 0.6) is 0 Å². The highest BCUT2D eigenvalue weighted by atomic mass is 19.4. The van der Waals surface area contributed by atoms with Crippen LogP contribution in [0.15, 0.2) is 17.3 Å². The van der Waals surface area contributed by atoms with Gasteiger partial charge in [-0.15, -0.1) is 0 Å². The van der Waals surface area contributed by atoms with E-state index >= 15 is 0 Å². The second-order valence-electron chi connectivity index (χ2n) is 4.42. The molecule has 0 atom stereocenters. The molecule has 0 spiro atoms. The summed E-state index contributed by atoms with van der Waals surface area (Å²) in [6.45, 7) is 0.654. The summed E-state index contributed by atoms with van der Waals surface area (Å²) in [5.74, 6) is 0. The number of nitrogens with one attached hydrogen (secondary N) is 1. The molecular weight excluding hydrogens is 269 g/mol. The standard InChI is InChI=1S/C13H15F3N4/c1-18-7-8(6-17)12-9(13(14,15)16)5-11-10(20-12)3-2-4-19-11/h5-7,19H,2-4,17H2,1H3. The van der Waals surface area contributed by atoms with Gasteiger partial charge in [0.25, 0.3) is 0 Å². The molecule has 20 heavy (non-hydrogen) atoms. The van der Waals surface area contributed by atoms with Crippen molar-refractivity contribution in [3.8, 4) is 0 Å². The number of rotatable bonds is 2. The predicted octanol–water partition coefficient (Wildman–Crippen LogP) is 2.46. The number of nitrogens with two attached hydrogens (primary N) is 1. The topological polar surface area (TPSA) is 63.3 Å². The third-order valence-corrected chi connectivity index (χ3v) is 3.03. The lowest BCUT2D eigenvalue weighted by Crippen LogP contribution is -2.19. The molecule has 1 aromatic heterocycles. The maximum absolute atomic E-state index is 13.2.